The van der Waals surface area contributed by atoms with Crippen molar-refractivity contribution in [2.24, 2.45) is 0 Å². The molecule has 2 aromatic rings. The molecule has 6 nitrogen and oxygen atoms in total. The Bertz CT molecular complexity index is 701. The van der Waals surface area contributed by atoms with E-state index in [9.17, 15) is 9.59 Å². The standard InChI is InChI=1S/C17H21N3O3S2/c1-3-8-18-15(21)9-13-10-24-17(20-13)25-11-16(22)19-12-4-6-14(23-2)7-5-12/h4-7,10H,3,8-9,11H2,1-2H3,(H,18,21)(H,19,22). The molecule has 0 aliphatic carbocycles. The molecule has 1 aromatic carbocycles. The highest BCUT2D eigenvalue weighted by Gasteiger charge is 2.10. The van der Waals surface area contributed by atoms with Gasteiger partial charge in [0.05, 0.1) is 25.0 Å². The molecule has 1 heterocycles. The fourth-order valence-corrected chi connectivity index (χ4v) is 3.57. The first kappa shape index (κ1) is 19.3. The molecule has 0 spiro atoms. The van der Waals surface area contributed by atoms with E-state index in [0.717, 1.165) is 27.9 Å². The number of ether oxygens (including phenoxy) is 1. The van der Waals surface area contributed by atoms with Gasteiger partial charge in [-0.05, 0) is 30.7 Å². The molecular formula is C17H21N3O3S2. The van der Waals surface area contributed by atoms with Gasteiger partial charge in [-0.3, -0.25) is 9.59 Å². The minimum Gasteiger partial charge on any atom is -0.497 e. The number of thiazole rings is 1. The van der Waals surface area contributed by atoms with Crippen LogP contribution < -0.4 is 15.4 Å². The van der Waals surface area contributed by atoms with Gasteiger partial charge in [-0.15, -0.1) is 11.3 Å². The molecule has 25 heavy (non-hydrogen) atoms. The Labute approximate surface area is 155 Å². The molecule has 0 aliphatic rings. The summed E-state index contributed by atoms with van der Waals surface area (Å²) in [7, 11) is 1.60. The molecule has 0 unspecified atom stereocenters. The minimum atomic E-state index is -0.104. The predicted octanol–water partition coefficient (Wildman–Crippen LogP) is 2.95. The first-order chi connectivity index (χ1) is 12.1. The number of aromatic nitrogens is 1. The van der Waals surface area contributed by atoms with Gasteiger partial charge in [-0.1, -0.05) is 18.7 Å². The number of hydrogen-bond acceptors (Lipinski definition) is 6. The zero-order valence-corrected chi connectivity index (χ0v) is 15.8. The second-order valence-corrected chi connectivity index (χ2v) is 7.28. The molecule has 8 heteroatoms. The quantitative estimate of drug-likeness (QED) is 0.655. The summed E-state index contributed by atoms with van der Waals surface area (Å²) in [4.78, 5) is 28.0. The van der Waals surface area contributed by atoms with Gasteiger partial charge in [0.15, 0.2) is 4.34 Å². The molecule has 0 aliphatic heterocycles. The largest absolute Gasteiger partial charge is 0.497 e. The summed E-state index contributed by atoms with van der Waals surface area (Å²) in [5, 5.41) is 7.50. The van der Waals surface area contributed by atoms with Crippen LogP contribution in [0.5, 0.6) is 5.75 Å². The van der Waals surface area contributed by atoms with Crippen molar-refractivity contribution in [2.45, 2.75) is 24.1 Å². The van der Waals surface area contributed by atoms with Crippen molar-refractivity contribution in [3.63, 3.8) is 0 Å². The van der Waals surface area contributed by atoms with Crippen molar-refractivity contribution in [3.8, 4) is 5.75 Å². The third-order valence-corrected chi connectivity index (χ3v) is 5.21. The zero-order valence-electron chi connectivity index (χ0n) is 14.2. The van der Waals surface area contributed by atoms with Gasteiger partial charge in [0.25, 0.3) is 0 Å². The molecule has 0 saturated carbocycles. The summed E-state index contributed by atoms with van der Waals surface area (Å²) in [6, 6.07) is 7.16. The molecule has 0 fully saturated rings. The third-order valence-electron chi connectivity index (χ3n) is 3.15. The molecule has 0 saturated heterocycles. The lowest BCUT2D eigenvalue weighted by Gasteiger charge is -2.05. The van der Waals surface area contributed by atoms with Crippen LogP contribution in [0.15, 0.2) is 34.0 Å². The average molecular weight is 380 g/mol. The van der Waals surface area contributed by atoms with Crippen LogP contribution in [-0.2, 0) is 16.0 Å². The second kappa shape index (κ2) is 10.0. The van der Waals surface area contributed by atoms with Gasteiger partial charge in [0.2, 0.25) is 11.8 Å². The van der Waals surface area contributed by atoms with E-state index < -0.39 is 0 Å². The third kappa shape index (κ3) is 6.75. The Morgan fingerprint density at radius 2 is 2.00 bits per heavy atom. The summed E-state index contributed by atoms with van der Waals surface area (Å²) in [6.07, 6.45) is 1.18. The van der Waals surface area contributed by atoms with Crippen molar-refractivity contribution in [3.05, 3.63) is 35.3 Å². The Morgan fingerprint density at radius 3 is 2.68 bits per heavy atom. The highest BCUT2D eigenvalue weighted by Crippen LogP contribution is 2.23. The van der Waals surface area contributed by atoms with Crippen molar-refractivity contribution in [1.29, 1.82) is 0 Å². The summed E-state index contributed by atoms with van der Waals surface area (Å²) in [5.41, 5.74) is 1.45. The number of carbonyl (C=O) groups is 2. The van der Waals surface area contributed by atoms with Crippen LogP contribution in [0.2, 0.25) is 0 Å². The van der Waals surface area contributed by atoms with Crippen LogP contribution in [0.1, 0.15) is 19.0 Å². The van der Waals surface area contributed by atoms with Gasteiger partial charge >= 0.3 is 0 Å². The van der Waals surface area contributed by atoms with Crippen molar-refractivity contribution < 1.29 is 14.3 Å². The van der Waals surface area contributed by atoms with E-state index >= 15 is 0 Å². The minimum absolute atomic E-state index is 0.0269. The fourth-order valence-electron chi connectivity index (χ4n) is 1.93. The molecule has 1 aromatic heterocycles. The van der Waals surface area contributed by atoms with Crippen LogP contribution in [0.25, 0.3) is 0 Å². The Morgan fingerprint density at radius 1 is 1.24 bits per heavy atom. The van der Waals surface area contributed by atoms with E-state index in [2.05, 4.69) is 15.6 Å². The summed E-state index contributed by atoms with van der Waals surface area (Å²) < 4.78 is 5.86. The molecule has 134 valence electrons. The highest BCUT2D eigenvalue weighted by atomic mass is 32.2. The van der Waals surface area contributed by atoms with Gasteiger partial charge in [-0.2, -0.15) is 0 Å². The lowest BCUT2D eigenvalue weighted by molar-refractivity contribution is -0.120. The molecular weight excluding hydrogens is 358 g/mol. The summed E-state index contributed by atoms with van der Waals surface area (Å²) >= 11 is 2.80. The Hall–Kier alpha value is -2.06. The van der Waals surface area contributed by atoms with Crippen LogP contribution >= 0.6 is 23.1 Å². The zero-order chi connectivity index (χ0) is 18.1. The van der Waals surface area contributed by atoms with E-state index in [1.165, 1.54) is 23.1 Å². The lowest BCUT2D eigenvalue weighted by Crippen LogP contribution is -2.25. The first-order valence-electron chi connectivity index (χ1n) is 7.88. The van der Waals surface area contributed by atoms with E-state index in [1.807, 2.05) is 12.3 Å². The van der Waals surface area contributed by atoms with Crippen LogP contribution in [0.4, 0.5) is 5.69 Å². The van der Waals surface area contributed by atoms with Crippen LogP contribution in [0.3, 0.4) is 0 Å². The van der Waals surface area contributed by atoms with Gasteiger partial charge in [0, 0.05) is 17.6 Å². The summed E-state index contributed by atoms with van der Waals surface area (Å²) in [5.74, 6) is 0.875. The molecule has 2 rings (SSSR count). The van der Waals surface area contributed by atoms with Crippen molar-refractivity contribution >= 4 is 40.6 Å². The fraction of sp³-hybridized carbons (Fsp3) is 0.353. The van der Waals surface area contributed by atoms with Gasteiger partial charge in [-0.25, -0.2) is 4.98 Å². The monoisotopic (exact) mass is 379 g/mol. The molecule has 0 bridgehead atoms. The molecule has 0 atom stereocenters. The Balaban J connectivity index is 1.76. The number of methoxy groups -OCH3 is 1. The number of benzene rings is 1. The van der Waals surface area contributed by atoms with E-state index in [4.69, 9.17) is 4.74 Å². The molecule has 2 N–H and O–H groups in total. The average Bonchev–Trinajstić information content (AvgIpc) is 3.06. The maximum atomic E-state index is 12.0. The molecule has 0 radical (unpaired) electrons. The molecule has 2 amide bonds. The number of amides is 2. The predicted molar refractivity (Wildman–Crippen MR) is 101 cm³/mol. The van der Waals surface area contributed by atoms with Gasteiger partial charge in [0.1, 0.15) is 5.75 Å². The van der Waals surface area contributed by atoms with E-state index in [-0.39, 0.29) is 24.0 Å². The number of hydrogen-bond donors (Lipinski definition) is 2. The highest BCUT2D eigenvalue weighted by molar-refractivity contribution is 8.01. The van der Waals surface area contributed by atoms with E-state index in [1.54, 1.807) is 31.4 Å². The number of nitrogens with zero attached hydrogens (tertiary/aromatic N) is 1. The summed E-state index contributed by atoms with van der Waals surface area (Å²) in [6.45, 7) is 2.69. The van der Waals surface area contributed by atoms with Crippen LogP contribution in [0, 0.1) is 0 Å². The normalized spacial score (nSPS) is 10.3. The maximum Gasteiger partial charge on any atom is 0.234 e. The topological polar surface area (TPSA) is 80.3 Å². The second-order valence-electron chi connectivity index (χ2n) is 5.20. The SMILES string of the molecule is CCCNC(=O)Cc1csc(SCC(=O)Nc2ccc(OC)cc2)n1. The van der Waals surface area contributed by atoms with E-state index in [0.29, 0.717) is 6.54 Å². The number of rotatable bonds is 9. The van der Waals surface area contributed by atoms with Crippen LogP contribution in [-0.4, -0.2) is 36.2 Å². The van der Waals surface area contributed by atoms with Crippen molar-refractivity contribution in [1.82, 2.24) is 10.3 Å². The van der Waals surface area contributed by atoms with Gasteiger partial charge < -0.3 is 15.4 Å². The lowest BCUT2D eigenvalue weighted by atomic mass is 10.3. The maximum absolute atomic E-state index is 12.0. The number of anilines is 1. The Kier molecular flexibility index (Phi) is 7.75. The van der Waals surface area contributed by atoms with Crippen molar-refractivity contribution in [2.75, 3.05) is 24.7 Å². The smallest absolute Gasteiger partial charge is 0.234 e. The number of thioether (sulfide) groups is 1. The number of carbonyl (C=O) groups excluding carboxylic acids is 2. The number of nitrogens with one attached hydrogen (secondary N) is 2. The first-order valence-corrected chi connectivity index (χ1v) is 9.75.